The topological polar surface area (TPSA) is 12.0 Å². The van der Waals surface area contributed by atoms with Crippen molar-refractivity contribution >= 4 is 11.8 Å². The molecule has 20 heavy (non-hydrogen) atoms. The van der Waals surface area contributed by atoms with Crippen molar-refractivity contribution in [1.29, 1.82) is 0 Å². The Kier molecular flexibility index (Phi) is 4.72. The van der Waals surface area contributed by atoms with Crippen LogP contribution < -0.4 is 5.32 Å². The van der Waals surface area contributed by atoms with E-state index in [2.05, 4.69) is 38.0 Å². The summed E-state index contributed by atoms with van der Waals surface area (Å²) in [5, 5.41) is 3.73. The molecule has 1 unspecified atom stereocenters. The average Bonchev–Trinajstić information content (AvgIpc) is 2.36. The fraction of sp³-hybridized carbons (Fsp3) is 1.00. The molecule has 0 saturated heterocycles. The molecule has 0 aromatic carbocycles. The van der Waals surface area contributed by atoms with E-state index in [1.165, 1.54) is 37.2 Å². The van der Waals surface area contributed by atoms with Crippen molar-refractivity contribution in [2.75, 3.05) is 18.6 Å². The van der Waals surface area contributed by atoms with E-state index in [1.54, 1.807) is 19.3 Å². The Morgan fingerprint density at radius 2 is 1.60 bits per heavy atom. The van der Waals surface area contributed by atoms with E-state index in [1.807, 2.05) is 0 Å². The Labute approximate surface area is 130 Å². The maximum absolute atomic E-state index is 3.73. The number of thioether (sulfide) groups is 1. The second-order valence-corrected chi connectivity index (χ2v) is 9.53. The molecule has 0 heterocycles. The summed E-state index contributed by atoms with van der Waals surface area (Å²) in [4.78, 5) is 0. The van der Waals surface area contributed by atoms with Crippen LogP contribution in [0.5, 0.6) is 0 Å². The molecule has 2 heteroatoms. The van der Waals surface area contributed by atoms with Gasteiger partial charge in [-0.25, -0.2) is 0 Å². The Balaban J connectivity index is 1.58. The highest BCUT2D eigenvalue weighted by molar-refractivity contribution is 7.99. The minimum absolute atomic E-state index is 0.675. The smallest absolute Gasteiger partial charge is 0.0211 e. The van der Waals surface area contributed by atoms with Crippen LogP contribution in [0.15, 0.2) is 0 Å². The fourth-order valence-corrected chi connectivity index (χ4v) is 7.25. The van der Waals surface area contributed by atoms with Crippen LogP contribution in [0.1, 0.15) is 58.8 Å². The van der Waals surface area contributed by atoms with E-state index < -0.39 is 0 Å². The van der Waals surface area contributed by atoms with Gasteiger partial charge in [0, 0.05) is 11.8 Å². The Morgan fingerprint density at radius 1 is 1.05 bits per heavy atom. The van der Waals surface area contributed by atoms with Gasteiger partial charge >= 0.3 is 0 Å². The predicted molar refractivity (Wildman–Crippen MR) is 90.2 cm³/mol. The largest absolute Gasteiger partial charge is 0.316 e. The zero-order valence-electron chi connectivity index (χ0n) is 13.7. The van der Waals surface area contributed by atoms with E-state index >= 15 is 0 Å². The van der Waals surface area contributed by atoms with Gasteiger partial charge in [-0.05, 0) is 86.8 Å². The molecule has 4 aliphatic carbocycles. The van der Waals surface area contributed by atoms with Crippen molar-refractivity contribution in [2.45, 2.75) is 64.8 Å². The van der Waals surface area contributed by atoms with Gasteiger partial charge in [0.15, 0.2) is 0 Å². The molecular formula is C18H33NS. The summed E-state index contributed by atoms with van der Waals surface area (Å²) < 4.78 is 0. The van der Waals surface area contributed by atoms with E-state index in [-0.39, 0.29) is 0 Å². The molecule has 4 aliphatic rings. The lowest BCUT2D eigenvalue weighted by atomic mass is 9.48. The third kappa shape index (κ3) is 3.06. The van der Waals surface area contributed by atoms with Crippen LogP contribution >= 0.6 is 11.8 Å². The summed E-state index contributed by atoms with van der Waals surface area (Å²) >= 11 is 2.20. The van der Waals surface area contributed by atoms with Crippen LogP contribution in [0.4, 0.5) is 0 Å². The van der Waals surface area contributed by atoms with Gasteiger partial charge in [0.1, 0.15) is 0 Å². The molecule has 116 valence electrons. The summed E-state index contributed by atoms with van der Waals surface area (Å²) in [6.45, 7) is 4.68. The lowest BCUT2D eigenvalue weighted by Gasteiger charge is -2.59. The van der Waals surface area contributed by atoms with Crippen LogP contribution in [0.3, 0.4) is 0 Å². The van der Waals surface area contributed by atoms with Gasteiger partial charge in [0.2, 0.25) is 0 Å². The Bertz CT molecular complexity index is 290. The fourth-order valence-electron chi connectivity index (χ4n) is 5.69. The maximum Gasteiger partial charge on any atom is 0.0211 e. The summed E-state index contributed by atoms with van der Waals surface area (Å²) in [6, 6.07) is 0.771. The predicted octanol–water partition coefficient (Wildman–Crippen LogP) is 4.57. The molecule has 0 spiro atoms. The highest BCUT2D eigenvalue weighted by Gasteiger charge is 2.53. The molecule has 4 rings (SSSR count). The number of nitrogens with one attached hydrogen (secondary N) is 1. The molecule has 4 bridgehead atoms. The van der Waals surface area contributed by atoms with E-state index in [0.717, 1.165) is 29.7 Å². The van der Waals surface area contributed by atoms with Crippen molar-refractivity contribution in [1.82, 2.24) is 5.32 Å². The standard InChI is InChI=1S/C18H33NS/c1-13(2)4-5-20-12-17(19-3)18-9-14-6-15(10-18)8-16(7-14)11-18/h13-17,19H,4-12H2,1-3H3. The van der Waals surface area contributed by atoms with Gasteiger partial charge in [-0.15, -0.1) is 0 Å². The van der Waals surface area contributed by atoms with Gasteiger partial charge in [-0.1, -0.05) is 13.8 Å². The van der Waals surface area contributed by atoms with Gasteiger partial charge in [0.05, 0.1) is 0 Å². The van der Waals surface area contributed by atoms with Crippen molar-refractivity contribution in [3.8, 4) is 0 Å². The third-order valence-electron chi connectivity index (χ3n) is 6.30. The van der Waals surface area contributed by atoms with E-state index in [0.29, 0.717) is 5.41 Å². The lowest BCUT2D eigenvalue weighted by molar-refractivity contribution is -0.0682. The minimum atomic E-state index is 0.675. The second kappa shape index (κ2) is 6.20. The number of hydrogen-bond donors (Lipinski definition) is 1. The quantitative estimate of drug-likeness (QED) is 0.690. The van der Waals surface area contributed by atoms with Crippen LogP contribution in [0, 0.1) is 29.1 Å². The van der Waals surface area contributed by atoms with Crippen molar-refractivity contribution in [3.63, 3.8) is 0 Å². The van der Waals surface area contributed by atoms with Gasteiger partial charge in [-0.2, -0.15) is 11.8 Å². The lowest BCUT2D eigenvalue weighted by Crippen LogP contribution is -2.56. The highest BCUT2D eigenvalue weighted by Crippen LogP contribution is 2.61. The average molecular weight is 296 g/mol. The van der Waals surface area contributed by atoms with Crippen LogP contribution in [0.2, 0.25) is 0 Å². The Hall–Kier alpha value is 0.310. The first-order valence-electron chi connectivity index (χ1n) is 8.86. The molecule has 1 nitrogen and oxygen atoms in total. The van der Waals surface area contributed by atoms with Crippen molar-refractivity contribution < 1.29 is 0 Å². The summed E-state index contributed by atoms with van der Waals surface area (Å²) in [5.41, 5.74) is 0.675. The van der Waals surface area contributed by atoms with E-state index in [4.69, 9.17) is 0 Å². The number of rotatable bonds is 7. The maximum atomic E-state index is 3.73. The molecule has 1 N–H and O–H groups in total. The van der Waals surface area contributed by atoms with Gasteiger partial charge < -0.3 is 5.32 Å². The van der Waals surface area contributed by atoms with Gasteiger partial charge in [0.25, 0.3) is 0 Å². The van der Waals surface area contributed by atoms with Crippen LogP contribution in [-0.4, -0.2) is 24.6 Å². The first-order chi connectivity index (χ1) is 9.61. The van der Waals surface area contributed by atoms with Gasteiger partial charge in [-0.3, -0.25) is 0 Å². The molecule has 4 fully saturated rings. The number of hydrogen-bond acceptors (Lipinski definition) is 2. The summed E-state index contributed by atoms with van der Waals surface area (Å²) in [5.74, 6) is 6.79. The van der Waals surface area contributed by atoms with Crippen LogP contribution in [-0.2, 0) is 0 Å². The molecule has 4 saturated carbocycles. The first kappa shape index (κ1) is 15.2. The summed E-state index contributed by atoms with van der Waals surface area (Å²) in [7, 11) is 2.21. The first-order valence-corrected chi connectivity index (χ1v) is 10.0. The SMILES string of the molecule is CNC(CSCCC(C)C)C12CC3CC(CC(C3)C1)C2. The minimum Gasteiger partial charge on any atom is -0.316 e. The molecular weight excluding hydrogens is 262 g/mol. The molecule has 0 amide bonds. The second-order valence-electron chi connectivity index (χ2n) is 8.38. The zero-order chi connectivity index (χ0) is 14.2. The van der Waals surface area contributed by atoms with E-state index in [9.17, 15) is 0 Å². The van der Waals surface area contributed by atoms with Crippen molar-refractivity contribution in [3.05, 3.63) is 0 Å². The zero-order valence-corrected chi connectivity index (χ0v) is 14.5. The molecule has 0 aromatic rings. The molecule has 0 aliphatic heterocycles. The van der Waals surface area contributed by atoms with Crippen LogP contribution in [0.25, 0.3) is 0 Å². The monoisotopic (exact) mass is 295 g/mol. The summed E-state index contributed by atoms with van der Waals surface area (Å²) in [6.07, 6.45) is 10.7. The molecule has 0 aromatic heterocycles. The van der Waals surface area contributed by atoms with Crippen molar-refractivity contribution in [2.24, 2.45) is 29.1 Å². The normalized spacial score (nSPS) is 40.5. The Morgan fingerprint density at radius 3 is 2.05 bits per heavy atom. The molecule has 1 atom stereocenters. The third-order valence-corrected chi connectivity index (χ3v) is 7.39. The molecule has 0 radical (unpaired) electrons. The highest BCUT2D eigenvalue weighted by atomic mass is 32.2.